The van der Waals surface area contributed by atoms with Crippen LogP contribution in [-0.4, -0.2) is 0 Å². The molecule has 0 atom stereocenters. The van der Waals surface area contributed by atoms with Crippen LogP contribution in [0, 0.1) is 6.08 Å². The number of allylic oxidation sites excluding steroid dienone is 20. The molecule has 0 aliphatic heterocycles. The lowest BCUT2D eigenvalue weighted by molar-refractivity contribution is 1.03. The molecule has 1 rings (SSSR count). The monoisotopic (exact) mass is 287 g/mol. The van der Waals surface area contributed by atoms with Gasteiger partial charge in [0.05, 0.1) is 0 Å². The maximum absolute atomic E-state index is 3.24. The van der Waals surface area contributed by atoms with E-state index in [0.29, 0.717) is 0 Å². The summed E-state index contributed by atoms with van der Waals surface area (Å²) in [5.41, 5.74) is 0. The van der Waals surface area contributed by atoms with Gasteiger partial charge in [0.1, 0.15) is 0 Å². The Kier molecular flexibility index (Phi) is 11.7. The molecule has 0 heteroatoms. The molecule has 1 aliphatic carbocycles. The first-order valence-electron chi connectivity index (χ1n) is 7.55. The molecule has 1 radical (unpaired) electrons. The molecule has 0 nitrogen and oxygen atoms in total. The third-order valence-corrected chi connectivity index (χ3v) is 2.58. The van der Waals surface area contributed by atoms with Crippen LogP contribution in [0.15, 0.2) is 115 Å². The minimum Gasteiger partial charge on any atom is -0.0842 e. The van der Waals surface area contributed by atoms with Crippen molar-refractivity contribution < 1.29 is 0 Å². The van der Waals surface area contributed by atoms with Crippen molar-refractivity contribution in [3.8, 4) is 0 Å². The summed E-state index contributed by atoms with van der Waals surface area (Å²) >= 11 is 0. The smallest absolute Gasteiger partial charge is 0.0241 e. The van der Waals surface area contributed by atoms with Gasteiger partial charge in [-0.05, 0) is 18.9 Å². The zero-order chi connectivity index (χ0) is 15.6. The number of rotatable bonds is 0. The van der Waals surface area contributed by atoms with E-state index in [9.17, 15) is 0 Å². The highest BCUT2D eigenvalue weighted by Crippen LogP contribution is 1.94. The Hall–Kier alpha value is -2.60. The summed E-state index contributed by atoms with van der Waals surface area (Å²) in [6.45, 7) is 0. The fourth-order valence-electron chi connectivity index (χ4n) is 1.51. The second-order valence-corrected chi connectivity index (χ2v) is 4.42. The summed E-state index contributed by atoms with van der Waals surface area (Å²) in [7, 11) is 0. The van der Waals surface area contributed by atoms with Crippen molar-refractivity contribution in [2.24, 2.45) is 0 Å². The molecule has 0 N–H and O–H groups in total. The molecule has 0 heterocycles. The van der Waals surface area contributed by atoms with Gasteiger partial charge in [-0.1, -0.05) is 115 Å². The molecule has 0 aromatic heterocycles. The average molecular weight is 287 g/mol. The van der Waals surface area contributed by atoms with Crippen LogP contribution in [0.5, 0.6) is 0 Å². The van der Waals surface area contributed by atoms with Crippen LogP contribution in [0.3, 0.4) is 0 Å². The zero-order valence-corrected chi connectivity index (χ0v) is 12.9. The molecule has 0 spiro atoms. The van der Waals surface area contributed by atoms with Gasteiger partial charge < -0.3 is 0 Å². The van der Waals surface area contributed by atoms with E-state index in [0.717, 1.165) is 12.8 Å². The first kappa shape index (κ1) is 17.5. The molecule has 0 saturated heterocycles. The van der Waals surface area contributed by atoms with Gasteiger partial charge in [-0.25, -0.2) is 0 Å². The van der Waals surface area contributed by atoms with Gasteiger partial charge in [0.2, 0.25) is 0 Å². The maximum atomic E-state index is 3.24. The van der Waals surface area contributed by atoms with Gasteiger partial charge in [0, 0.05) is 0 Å². The van der Waals surface area contributed by atoms with Crippen molar-refractivity contribution in [3.05, 3.63) is 122 Å². The summed E-state index contributed by atoms with van der Waals surface area (Å²) in [5, 5.41) is 0. The third-order valence-electron chi connectivity index (χ3n) is 2.58. The number of hydrogen-bond acceptors (Lipinski definition) is 0. The predicted molar refractivity (Wildman–Crippen MR) is 99.3 cm³/mol. The molecule has 22 heavy (non-hydrogen) atoms. The van der Waals surface area contributed by atoms with Crippen molar-refractivity contribution in [1.82, 2.24) is 0 Å². The molecule has 0 unspecified atom stereocenters. The molecule has 0 fully saturated rings. The van der Waals surface area contributed by atoms with Gasteiger partial charge in [-0.2, -0.15) is 0 Å². The lowest BCUT2D eigenvalue weighted by Crippen LogP contribution is -1.64. The third kappa shape index (κ3) is 12.4. The minimum absolute atomic E-state index is 0.938. The molecule has 0 aromatic carbocycles. The Balaban J connectivity index is 2.60. The normalized spacial score (nSPS) is 31.3. The molecule has 0 aromatic rings. The Morgan fingerprint density at radius 3 is 1.23 bits per heavy atom. The Bertz CT molecular complexity index is 501. The molecular weight excluding hydrogens is 264 g/mol. The lowest BCUT2D eigenvalue weighted by Gasteiger charge is -1.83. The van der Waals surface area contributed by atoms with E-state index < -0.39 is 0 Å². The topological polar surface area (TPSA) is 0 Å². The van der Waals surface area contributed by atoms with E-state index in [1.807, 2.05) is 103 Å². The highest BCUT2D eigenvalue weighted by molar-refractivity contribution is 5.22. The quantitative estimate of drug-likeness (QED) is 0.501. The lowest BCUT2D eigenvalue weighted by atomic mass is 10.2. The van der Waals surface area contributed by atoms with Gasteiger partial charge in [0.15, 0.2) is 0 Å². The number of hydrogen-bond donors (Lipinski definition) is 0. The highest BCUT2D eigenvalue weighted by Gasteiger charge is 1.74. The minimum atomic E-state index is 0.938. The van der Waals surface area contributed by atoms with Crippen molar-refractivity contribution >= 4 is 0 Å². The Morgan fingerprint density at radius 1 is 0.409 bits per heavy atom. The summed E-state index contributed by atoms with van der Waals surface area (Å²) in [6.07, 6.45) is 43.5. The highest BCUT2D eigenvalue weighted by atomic mass is 13.8. The van der Waals surface area contributed by atoms with Crippen LogP contribution in [0.25, 0.3) is 0 Å². The van der Waals surface area contributed by atoms with E-state index in [-0.39, 0.29) is 0 Å². The Morgan fingerprint density at radius 2 is 0.773 bits per heavy atom. The summed E-state index contributed by atoms with van der Waals surface area (Å²) < 4.78 is 0. The summed E-state index contributed by atoms with van der Waals surface area (Å²) in [6, 6.07) is 0. The van der Waals surface area contributed by atoms with Crippen LogP contribution in [0.1, 0.15) is 12.8 Å². The molecule has 0 amide bonds. The standard InChI is InChI=1S/C22H23/c1-2-4-6-8-10-12-14-16-18-20-22-21-19-17-15-13-11-9-7-5-3-1/h1-19H,20,22H2/b2-1-,5-3+,6-4+,9-7+,10-8+,13-11+,14-12+,17-15-,18-16-,21-19?. The Labute approximate surface area is 135 Å². The van der Waals surface area contributed by atoms with Crippen molar-refractivity contribution in [2.45, 2.75) is 12.8 Å². The van der Waals surface area contributed by atoms with E-state index in [2.05, 4.69) is 18.2 Å². The van der Waals surface area contributed by atoms with Crippen molar-refractivity contribution in [1.29, 1.82) is 0 Å². The SMILES string of the molecule is [C]1=C/C=C\C=C\C=C\C=C\C=C/C=C/C=C/C=C/C=C\CC/1. The second kappa shape index (κ2) is 14.8. The molecule has 0 bridgehead atoms. The fourth-order valence-corrected chi connectivity index (χ4v) is 1.51. The van der Waals surface area contributed by atoms with Crippen LogP contribution in [0.4, 0.5) is 0 Å². The summed E-state index contributed by atoms with van der Waals surface area (Å²) in [5.74, 6) is 0. The maximum Gasteiger partial charge on any atom is -0.0241 e. The molecule has 0 saturated carbocycles. The van der Waals surface area contributed by atoms with E-state index in [1.54, 1.807) is 0 Å². The summed E-state index contributed by atoms with van der Waals surface area (Å²) in [4.78, 5) is 0. The van der Waals surface area contributed by atoms with Crippen LogP contribution >= 0.6 is 0 Å². The predicted octanol–water partition coefficient (Wildman–Crippen LogP) is 6.15. The zero-order valence-electron chi connectivity index (χ0n) is 12.9. The molecule has 1 aliphatic rings. The van der Waals surface area contributed by atoms with Gasteiger partial charge in [-0.15, -0.1) is 0 Å². The van der Waals surface area contributed by atoms with Crippen LogP contribution < -0.4 is 0 Å². The van der Waals surface area contributed by atoms with E-state index >= 15 is 0 Å². The van der Waals surface area contributed by atoms with Crippen molar-refractivity contribution in [2.75, 3.05) is 0 Å². The van der Waals surface area contributed by atoms with E-state index in [4.69, 9.17) is 0 Å². The average Bonchev–Trinajstić information content (AvgIpc) is 2.53. The first-order valence-corrected chi connectivity index (χ1v) is 7.55. The van der Waals surface area contributed by atoms with Crippen LogP contribution in [-0.2, 0) is 0 Å². The van der Waals surface area contributed by atoms with Crippen LogP contribution in [0.2, 0.25) is 0 Å². The molecular formula is C22H23. The van der Waals surface area contributed by atoms with Gasteiger partial charge in [0.25, 0.3) is 0 Å². The van der Waals surface area contributed by atoms with Gasteiger partial charge >= 0.3 is 0 Å². The second-order valence-electron chi connectivity index (χ2n) is 4.42. The van der Waals surface area contributed by atoms with Gasteiger partial charge in [-0.3, -0.25) is 0 Å². The fraction of sp³-hybridized carbons (Fsp3) is 0.0909. The van der Waals surface area contributed by atoms with E-state index in [1.165, 1.54) is 0 Å². The largest absolute Gasteiger partial charge is 0.0842 e. The first-order chi connectivity index (χ1) is 11.0. The molecule has 111 valence electrons. The van der Waals surface area contributed by atoms with Crippen molar-refractivity contribution in [3.63, 3.8) is 0 Å².